The second-order valence-electron chi connectivity index (χ2n) is 8.32. The number of hydrogen-bond donors (Lipinski definition) is 0. The summed E-state index contributed by atoms with van der Waals surface area (Å²) in [6.45, 7) is 1.83. The molecule has 34 heavy (non-hydrogen) atoms. The summed E-state index contributed by atoms with van der Waals surface area (Å²) in [7, 11) is 0. The van der Waals surface area contributed by atoms with Gasteiger partial charge in [-0.3, -0.25) is 14.2 Å². The largest absolute Gasteiger partial charge is 0.291 e. The number of carbonyl (C=O) groups is 2. The molecule has 1 aromatic heterocycles. The predicted octanol–water partition coefficient (Wildman–Crippen LogP) is 6.82. The molecule has 1 aliphatic rings. The first kappa shape index (κ1) is 22.8. The standard InChI is InChI=1S/C26H18BrCl2N3O2/c1-26(14-16-7-9-18(27)10-8-16)24(34)31(21-12-19(28)11-20(29)13-21)25-30-15-22(32(25)26)23(33)17-5-3-2-4-6-17/h2-13,15H,14H2,1H3/t26-/m1/s1. The zero-order chi connectivity index (χ0) is 24.0. The Labute approximate surface area is 215 Å². The summed E-state index contributed by atoms with van der Waals surface area (Å²) >= 11 is 15.9. The Morgan fingerprint density at radius 2 is 1.65 bits per heavy atom. The number of carbonyl (C=O) groups excluding carboxylic acids is 2. The molecule has 2 heterocycles. The van der Waals surface area contributed by atoms with Crippen LogP contribution in [0.1, 0.15) is 28.5 Å². The number of anilines is 2. The van der Waals surface area contributed by atoms with Crippen molar-refractivity contribution in [2.45, 2.75) is 18.9 Å². The van der Waals surface area contributed by atoms with Crippen molar-refractivity contribution in [2.24, 2.45) is 0 Å². The molecular weight excluding hydrogens is 537 g/mol. The molecule has 1 aliphatic heterocycles. The van der Waals surface area contributed by atoms with E-state index in [1.807, 2.05) is 37.3 Å². The summed E-state index contributed by atoms with van der Waals surface area (Å²) in [6.07, 6.45) is 1.89. The van der Waals surface area contributed by atoms with Crippen LogP contribution in [-0.4, -0.2) is 21.2 Å². The van der Waals surface area contributed by atoms with E-state index in [-0.39, 0.29) is 11.7 Å². The first-order valence-corrected chi connectivity index (χ1v) is 12.1. The van der Waals surface area contributed by atoms with E-state index < -0.39 is 5.54 Å². The Hall–Kier alpha value is -2.93. The van der Waals surface area contributed by atoms with Gasteiger partial charge in [-0.25, -0.2) is 9.88 Å². The maximum atomic E-state index is 14.0. The van der Waals surface area contributed by atoms with Crippen molar-refractivity contribution < 1.29 is 9.59 Å². The second-order valence-corrected chi connectivity index (χ2v) is 10.1. The molecule has 0 saturated heterocycles. The number of nitrogens with zero attached hydrogens (tertiary/aromatic N) is 3. The summed E-state index contributed by atoms with van der Waals surface area (Å²) in [5, 5.41) is 0.797. The van der Waals surface area contributed by atoms with Gasteiger partial charge in [-0.05, 0) is 42.8 Å². The van der Waals surface area contributed by atoms with Gasteiger partial charge in [-0.2, -0.15) is 0 Å². The van der Waals surface area contributed by atoms with E-state index in [9.17, 15) is 9.59 Å². The molecule has 5 rings (SSSR count). The summed E-state index contributed by atoms with van der Waals surface area (Å²) in [5.41, 5.74) is 1.20. The highest BCUT2D eigenvalue weighted by Crippen LogP contribution is 2.43. The number of hydrogen-bond acceptors (Lipinski definition) is 3. The van der Waals surface area contributed by atoms with Crippen LogP contribution in [0.4, 0.5) is 11.6 Å². The molecule has 1 atom stereocenters. The molecule has 0 aliphatic carbocycles. The highest BCUT2D eigenvalue weighted by Gasteiger charge is 2.51. The molecule has 0 bridgehead atoms. The molecule has 1 amide bonds. The second kappa shape index (κ2) is 8.69. The molecule has 170 valence electrons. The van der Waals surface area contributed by atoms with E-state index in [2.05, 4.69) is 20.9 Å². The van der Waals surface area contributed by atoms with Crippen LogP contribution in [0.25, 0.3) is 0 Å². The first-order chi connectivity index (χ1) is 16.3. The Bertz CT molecular complexity index is 1400. The number of amides is 1. The highest BCUT2D eigenvalue weighted by atomic mass is 79.9. The van der Waals surface area contributed by atoms with Crippen LogP contribution in [0.15, 0.2) is 83.5 Å². The van der Waals surface area contributed by atoms with Gasteiger partial charge < -0.3 is 0 Å². The maximum Gasteiger partial charge on any atom is 0.260 e. The van der Waals surface area contributed by atoms with Crippen LogP contribution >= 0.6 is 39.1 Å². The Morgan fingerprint density at radius 3 is 2.29 bits per heavy atom. The summed E-state index contributed by atoms with van der Waals surface area (Å²) in [6, 6.07) is 21.7. The fourth-order valence-electron chi connectivity index (χ4n) is 4.37. The monoisotopic (exact) mass is 553 g/mol. The molecule has 0 unspecified atom stereocenters. The van der Waals surface area contributed by atoms with E-state index in [1.54, 1.807) is 47.0 Å². The number of ketones is 1. The minimum absolute atomic E-state index is 0.208. The van der Waals surface area contributed by atoms with E-state index in [0.29, 0.717) is 39.4 Å². The van der Waals surface area contributed by atoms with E-state index in [0.717, 1.165) is 10.0 Å². The predicted molar refractivity (Wildman–Crippen MR) is 137 cm³/mol. The molecule has 0 N–H and O–H groups in total. The average molecular weight is 555 g/mol. The van der Waals surface area contributed by atoms with Crippen molar-refractivity contribution in [2.75, 3.05) is 4.90 Å². The third-order valence-corrected chi connectivity index (χ3v) is 6.90. The quantitative estimate of drug-likeness (QED) is 0.254. The zero-order valence-electron chi connectivity index (χ0n) is 18.0. The van der Waals surface area contributed by atoms with Crippen molar-refractivity contribution in [3.8, 4) is 0 Å². The van der Waals surface area contributed by atoms with Gasteiger partial charge in [0.15, 0.2) is 0 Å². The molecule has 5 nitrogen and oxygen atoms in total. The molecular formula is C26H18BrCl2N3O2. The zero-order valence-corrected chi connectivity index (χ0v) is 21.1. The summed E-state index contributed by atoms with van der Waals surface area (Å²) in [4.78, 5) is 33.5. The number of imidazole rings is 1. The van der Waals surface area contributed by atoms with Crippen LogP contribution < -0.4 is 4.90 Å². The van der Waals surface area contributed by atoms with Crippen molar-refractivity contribution in [1.29, 1.82) is 0 Å². The Balaban J connectivity index is 1.69. The van der Waals surface area contributed by atoms with E-state index in [1.165, 1.54) is 11.1 Å². The SMILES string of the molecule is C[C@@]1(Cc2ccc(Br)cc2)C(=O)N(c2cc(Cl)cc(Cl)c2)c2ncc(C(=O)c3ccccc3)n21. The molecule has 0 fully saturated rings. The van der Waals surface area contributed by atoms with Crippen molar-refractivity contribution in [1.82, 2.24) is 9.55 Å². The fourth-order valence-corrected chi connectivity index (χ4v) is 5.15. The van der Waals surface area contributed by atoms with Gasteiger partial charge in [0.05, 0.1) is 11.9 Å². The van der Waals surface area contributed by atoms with Crippen molar-refractivity contribution in [3.63, 3.8) is 0 Å². The lowest BCUT2D eigenvalue weighted by Crippen LogP contribution is -2.42. The Morgan fingerprint density at radius 1 is 1.00 bits per heavy atom. The van der Waals surface area contributed by atoms with Crippen LogP contribution in [0.3, 0.4) is 0 Å². The number of benzene rings is 3. The fraction of sp³-hybridized carbons (Fsp3) is 0.115. The third-order valence-electron chi connectivity index (χ3n) is 5.94. The minimum atomic E-state index is -1.10. The number of rotatable bonds is 5. The van der Waals surface area contributed by atoms with Crippen LogP contribution in [0.5, 0.6) is 0 Å². The maximum absolute atomic E-state index is 14.0. The van der Waals surface area contributed by atoms with Crippen LogP contribution in [0, 0.1) is 0 Å². The van der Waals surface area contributed by atoms with Gasteiger partial charge >= 0.3 is 0 Å². The lowest BCUT2D eigenvalue weighted by atomic mass is 9.91. The lowest BCUT2D eigenvalue weighted by molar-refractivity contribution is -0.123. The number of halogens is 3. The van der Waals surface area contributed by atoms with Gasteiger partial charge in [0.25, 0.3) is 5.91 Å². The Kier molecular flexibility index (Phi) is 5.84. The van der Waals surface area contributed by atoms with Gasteiger partial charge in [0.1, 0.15) is 11.2 Å². The van der Waals surface area contributed by atoms with Gasteiger partial charge in [0, 0.05) is 26.5 Å². The topological polar surface area (TPSA) is 55.2 Å². The van der Waals surface area contributed by atoms with Crippen LogP contribution in [-0.2, 0) is 16.8 Å². The third kappa shape index (κ3) is 3.86. The number of aromatic nitrogens is 2. The molecule has 0 spiro atoms. The van der Waals surface area contributed by atoms with Gasteiger partial charge in [0.2, 0.25) is 11.7 Å². The highest BCUT2D eigenvalue weighted by molar-refractivity contribution is 9.10. The van der Waals surface area contributed by atoms with Crippen LogP contribution in [0.2, 0.25) is 10.0 Å². The van der Waals surface area contributed by atoms with Crippen molar-refractivity contribution >= 4 is 62.5 Å². The molecule has 3 aromatic carbocycles. The van der Waals surface area contributed by atoms with Crippen molar-refractivity contribution in [3.05, 3.63) is 110 Å². The molecule has 4 aromatic rings. The average Bonchev–Trinajstić information content (AvgIpc) is 3.33. The molecule has 8 heteroatoms. The summed E-state index contributed by atoms with van der Waals surface area (Å²) in [5.74, 6) is -0.0821. The number of fused-ring (bicyclic) bond motifs is 1. The summed E-state index contributed by atoms with van der Waals surface area (Å²) < 4.78 is 2.68. The first-order valence-electron chi connectivity index (χ1n) is 10.5. The molecule has 0 saturated carbocycles. The van der Waals surface area contributed by atoms with E-state index in [4.69, 9.17) is 23.2 Å². The van der Waals surface area contributed by atoms with Gasteiger partial charge in [-0.1, -0.05) is 81.6 Å². The van der Waals surface area contributed by atoms with Gasteiger partial charge in [-0.15, -0.1) is 0 Å². The van der Waals surface area contributed by atoms with E-state index >= 15 is 0 Å². The normalized spacial score (nSPS) is 17.2. The lowest BCUT2D eigenvalue weighted by Gasteiger charge is -2.26. The smallest absolute Gasteiger partial charge is 0.260 e. The molecule has 0 radical (unpaired) electrons. The minimum Gasteiger partial charge on any atom is -0.291 e.